The highest BCUT2D eigenvalue weighted by Crippen LogP contribution is 2.08. The van der Waals surface area contributed by atoms with E-state index in [2.05, 4.69) is 10.3 Å². The van der Waals surface area contributed by atoms with Gasteiger partial charge in [-0.05, 0) is 6.07 Å². The number of hydrogen-bond donors (Lipinski definition) is 4. The van der Waals surface area contributed by atoms with E-state index in [9.17, 15) is 9.59 Å². The van der Waals surface area contributed by atoms with Crippen LogP contribution in [0.15, 0.2) is 12.3 Å². The Labute approximate surface area is 89.9 Å². The van der Waals surface area contributed by atoms with Gasteiger partial charge in [0.2, 0.25) is 0 Å². The van der Waals surface area contributed by atoms with Gasteiger partial charge in [-0.15, -0.1) is 0 Å². The van der Waals surface area contributed by atoms with Crippen LogP contribution in [0.4, 0.5) is 0 Å². The number of carboxylic acid groups (broad SMARTS) is 1. The molecule has 1 aromatic rings. The van der Waals surface area contributed by atoms with Crippen LogP contribution in [0.1, 0.15) is 10.5 Å². The molecule has 0 saturated heterocycles. The van der Waals surface area contributed by atoms with Gasteiger partial charge >= 0.3 is 5.97 Å². The Morgan fingerprint density at radius 3 is 2.73 bits per heavy atom. The molecule has 0 fully saturated rings. The maximum Gasteiger partial charge on any atom is 0.334 e. The number of aliphatic hydroxyl groups excluding tert-OH is 1. The molecule has 82 valence electrons. The fourth-order valence-electron chi connectivity index (χ4n) is 0.871. The second-order valence-electron chi connectivity index (χ2n) is 2.80. The molecule has 0 radical (unpaired) electrons. The van der Waals surface area contributed by atoms with Crippen LogP contribution >= 0.6 is 11.6 Å². The molecule has 7 heteroatoms. The van der Waals surface area contributed by atoms with E-state index in [0.29, 0.717) is 5.02 Å². The highest BCUT2D eigenvalue weighted by molar-refractivity contribution is 6.30. The summed E-state index contributed by atoms with van der Waals surface area (Å²) in [5, 5.41) is 19.8. The van der Waals surface area contributed by atoms with Crippen molar-refractivity contribution in [1.82, 2.24) is 10.3 Å². The number of nitrogens with one attached hydrogen (secondary N) is 2. The van der Waals surface area contributed by atoms with Crippen LogP contribution in [0.2, 0.25) is 5.02 Å². The smallest absolute Gasteiger partial charge is 0.334 e. The third-order valence-electron chi connectivity index (χ3n) is 1.63. The van der Waals surface area contributed by atoms with Crippen LogP contribution < -0.4 is 5.32 Å². The zero-order valence-electron chi connectivity index (χ0n) is 7.53. The number of aliphatic carboxylic acids is 1. The summed E-state index contributed by atoms with van der Waals surface area (Å²) in [5.74, 6) is -1.91. The number of hydrogen-bond acceptors (Lipinski definition) is 3. The standard InChI is InChI=1S/C8H9ClN2O4/c9-4-1-5(10-2-4)7(13)11-3-6(12)8(14)15/h1-2,6,10,12H,3H2,(H,11,13)(H,14,15)/t6-/m0/s1. The number of rotatable bonds is 4. The Balaban J connectivity index is 2.47. The van der Waals surface area contributed by atoms with Crippen LogP contribution in [-0.2, 0) is 4.79 Å². The van der Waals surface area contributed by atoms with Gasteiger partial charge in [-0.3, -0.25) is 4.79 Å². The van der Waals surface area contributed by atoms with Crippen molar-refractivity contribution in [3.63, 3.8) is 0 Å². The van der Waals surface area contributed by atoms with E-state index in [-0.39, 0.29) is 12.2 Å². The quantitative estimate of drug-likeness (QED) is 0.579. The average molecular weight is 233 g/mol. The van der Waals surface area contributed by atoms with Gasteiger partial charge in [0.05, 0.1) is 11.6 Å². The molecule has 0 spiro atoms. The van der Waals surface area contributed by atoms with Gasteiger partial charge in [0.15, 0.2) is 6.10 Å². The average Bonchev–Trinajstić information content (AvgIpc) is 2.60. The zero-order valence-corrected chi connectivity index (χ0v) is 8.28. The Morgan fingerprint density at radius 2 is 2.27 bits per heavy atom. The molecule has 0 aliphatic rings. The normalized spacial score (nSPS) is 12.1. The number of amides is 1. The molecule has 1 amide bonds. The molecule has 6 nitrogen and oxygen atoms in total. The third kappa shape index (κ3) is 3.26. The molecule has 15 heavy (non-hydrogen) atoms. The number of H-pyrrole nitrogens is 1. The molecule has 1 aromatic heterocycles. The SMILES string of the molecule is O=C(NC[C@H](O)C(=O)O)c1cc(Cl)c[nH]1. The summed E-state index contributed by atoms with van der Waals surface area (Å²) < 4.78 is 0. The van der Waals surface area contributed by atoms with Crippen LogP contribution in [-0.4, -0.2) is 39.7 Å². The molecule has 0 aliphatic heterocycles. The molecule has 1 atom stereocenters. The number of carboxylic acids is 1. The monoisotopic (exact) mass is 232 g/mol. The minimum Gasteiger partial charge on any atom is -0.479 e. The van der Waals surface area contributed by atoms with Crippen molar-refractivity contribution in [1.29, 1.82) is 0 Å². The van der Waals surface area contributed by atoms with E-state index < -0.39 is 18.0 Å². The Bertz CT molecular complexity index is 376. The lowest BCUT2D eigenvalue weighted by Crippen LogP contribution is -2.36. The topological polar surface area (TPSA) is 102 Å². The minimum atomic E-state index is -1.61. The molecule has 0 aliphatic carbocycles. The first kappa shape index (κ1) is 11.5. The maximum atomic E-state index is 11.3. The van der Waals surface area contributed by atoms with E-state index in [1.165, 1.54) is 12.3 Å². The summed E-state index contributed by atoms with van der Waals surface area (Å²) >= 11 is 5.56. The van der Waals surface area contributed by atoms with E-state index in [1.807, 2.05) is 0 Å². The summed E-state index contributed by atoms with van der Waals surface area (Å²) in [4.78, 5) is 24.1. The van der Waals surface area contributed by atoms with E-state index in [4.69, 9.17) is 21.8 Å². The van der Waals surface area contributed by atoms with Gasteiger partial charge in [0, 0.05) is 6.20 Å². The molecule has 1 heterocycles. The Kier molecular flexibility index (Phi) is 3.70. The van der Waals surface area contributed by atoms with Crippen molar-refractivity contribution in [2.24, 2.45) is 0 Å². The van der Waals surface area contributed by atoms with Crippen molar-refractivity contribution < 1.29 is 19.8 Å². The Hall–Kier alpha value is -1.53. The highest BCUT2D eigenvalue weighted by Gasteiger charge is 2.15. The van der Waals surface area contributed by atoms with Crippen molar-refractivity contribution in [3.8, 4) is 0 Å². The largest absolute Gasteiger partial charge is 0.479 e. The number of carbonyl (C=O) groups is 2. The predicted molar refractivity (Wildman–Crippen MR) is 51.8 cm³/mol. The molecule has 4 N–H and O–H groups in total. The fourth-order valence-corrected chi connectivity index (χ4v) is 1.03. The number of carbonyl (C=O) groups excluding carboxylic acids is 1. The lowest BCUT2D eigenvalue weighted by Gasteiger charge is -2.06. The number of aromatic amines is 1. The first-order valence-corrected chi connectivity index (χ1v) is 4.41. The number of aliphatic hydroxyl groups is 1. The highest BCUT2D eigenvalue weighted by atomic mass is 35.5. The van der Waals surface area contributed by atoms with E-state index in [0.717, 1.165) is 0 Å². The third-order valence-corrected chi connectivity index (χ3v) is 1.85. The zero-order chi connectivity index (χ0) is 11.4. The van der Waals surface area contributed by atoms with E-state index >= 15 is 0 Å². The minimum absolute atomic E-state index is 0.206. The van der Waals surface area contributed by atoms with Gasteiger partial charge in [0.25, 0.3) is 5.91 Å². The molecular formula is C8H9ClN2O4. The second kappa shape index (κ2) is 4.81. The van der Waals surface area contributed by atoms with Crippen LogP contribution in [0.3, 0.4) is 0 Å². The van der Waals surface area contributed by atoms with Crippen LogP contribution in [0.5, 0.6) is 0 Å². The second-order valence-corrected chi connectivity index (χ2v) is 3.23. The molecule has 0 bridgehead atoms. The molecule has 0 aromatic carbocycles. The lowest BCUT2D eigenvalue weighted by atomic mass is 10.3. The van der Waals surface area contributed by atoms with Gasteiger partial charge in [0.1, 0.15) is 5.69 Å². The fraction of sp³-hybridized carbons (Fsp3) is 0.250. The van der Waals surface area contributed by atoms with Crippen molar-refractivity contribution in [2.75, 3.05) is 6.54 Å². The van der Waals surface area contributed by atoms with Gasteiger partial charge < -0.3 is 20.5 Å². The van der Waals surface area contributed by atoms with Crippen LogP contribution in [0.25, 0.3) is 0 Å². The molecule has 0 unspecified atom stereocenters. The number of halogens is 1. The molecular weight excluding hydrogens is 224 g/mol. The number of aromatic nitrogens is 1. The molecule has 0 saturated carbocycles. The summed E-state index contributed by atoms with van der Waals surface area (Å²) in [6, 6.07) is 1.39. The summed E-state index contributed by atoms with van der Waals surface area (Å²) in [5.41, 5.74) is 0.206. The summed E-state index contributed by atoms with van der Waals surface area (Å²) in [6.07, 6.45) is -0.191. The summed E-state index contributed by atoms with van der Waals surface area (Å²) in [7, 11) is 0. The first-order valence-electron chi connectivity index (χ1n) is 4.03. The first-order chi connectivity index (χ1) is 7.00. The van der Waals surface area contributed by atoms with Crippen LogP contribution in [0, 0.1) is 0 Å². The maximum absolute atomic E-state index is 11.3. The van der Waals surface area contributed by atoms with Crippen molar-refractivity contribution in [3.05, 3.63) is 23.0 Å². The Morgan fingerprint density at radius 1 is 1.60 bits per heavy atom. The summed E-state index contributed by atoms with van der Waals surface area (Å²) in [6.45, 7) is -0.356. The van der Waals surface area contributed by atoms with Gasteiger partial charge in [-0.1, -0.05) is 11.6 Å². The van der Waals surface area contributed by atoms with Crippen molar-refractivity contribution >= 4 is 23.5 Å². The lowest BCUT2D eigenvalue weighted by molar-refractivity contribution is -0.146. The predicted octanol–water partition coefficient (Wildman–Crippen LogP) is -0.157. The van der Waals surface area contributed by atoms with Gasteiger partial charge in [-0.25, -0.2) is 4.79 Å². The van der Waals surface area contributed by atoms with Crippen molar-refractivity contribution in [2.45, 2.75) is 6.10 Å². The van der Waals surface area contributed by atoms with Gasteiger partial charge in [-0.2, -0.15) is 0 Å². The molecule has 1 rings (SSSR count). The van der Waals surface area contributed by atoms with E-state index in [1.54, 1.807) is 0 Å².